The molecule has 0 unspecified atom stereocenters. The lowest BCUT2D eigenvalue weighted by Gasteiger charge is -2.07. The zero-order chi connectivity index (χ0) is 11.5. The van der Waals surface area contributed by atoms with Gasteiger partial charge < -0.3 is 9.67 Å². The zero-order valence-corrected chi connectivity index (χ0v) is 8.53. The number of nitrogens with zero attached hydrogens (tertiary/aromatic N) is 2. The number of hydrogen-bond donors (Lipinski definition) is 2. The highest BCUT2D eigenvalue weighted by molar-refractivity contribution is 7.71. The van der Waals surface area contributed by atoms with E-state index in [9.17, 15) is 13.2 Å². The highest BCUT2D eigenvalue weighted by atomic mass is 32.1. The van der Waals surface area contributed by atoms with Crippen molar-refractivity contribution in [2.75, 3.05) is 0 Å². The summed E-state index contributed by atoms with van der Waals surface area (Å²) in [6.07, 6.45) is -5.11. The third kappa shape index (κ3) is 3.63. The molecule has 0 fully saturated rings. The maximum absolute atomic E-state index is 11.9. The molecule has 4 nitrogen and oxygen atoms in total. The maximum atomic E-state index is 11.9. The fraction of sp³-hybridized carbons (Fsp3) is 0.714. The molecule has 2 N–H and O–H groups in total. The molecule has 0 saturated heterocycles. The lowest BCUT2D eigenvalue weighted by molar-refractivity contribution is -0.135. The Kier molecular flexibility index (Phi) is 3.86. The molecule has 0 aliphatic carbocycles. The lowest BCUT2D eigenvalue weighted by Crippen LogP contribution is -2.11. The van der Waals surface area contributed by atoms with Crippen molar-refractivity contribution in [2.24, 2.45) is 0 Å². The predicted molar refractivity (Wildman–Crippen MR) is 48.6 cm³/mol. The van der Waals surface area contributed by atoms with E-state index >= 15 is 0 Å². The van der Waals surface area contributed by atoms with E-state index in [1.807, 2.05) is 0 Å². The van der Waals surface area contributed by atoms with Gasteiger partial charge in [0, 0.05) is 13.0 Å². The van der Waals surface area contributed by atoms with Gasteiger partial charge in [0.15, 0.2) is 10.6 Å². The molecule has 0 radical (unpaired) electrons. The fourth-order valence-electron chi connectivity index (χ4n) is 1.14. The maximum Gasteiger partial charge on any atom is 0.389 e. The zero-order valence-electron chi connectivity index (χ0n) is 7.71. The largest absolute Gasteiger partial charge is 0.389 e. The van der Waals surface area contributed by atoms with Crippen LogP contribution < -0.4 is 0 Å². The standard InChI is InChI=1S/C7H10F3N3OS/c8-7(9,10)2-1-3-13-5(4-14)11-12-6(13)15/h14H,1-4H2,(H,12,15). The van der Waals surface area contributed by atoms with E-state index in [0.717, 1.165) is 0 Å². The van der Waals surface area contributed by atoms with Gasteiger partial charge in [-0.05, 0) is 18.6 Å². The number of H-pyrrole nitrogens is 1. The number of aliphatic hydroxyl groups excluding tert-OH is 1. The van der Waals surface area contributed by atoms with Gasteiger partial charge in [-0.15, -0.1) is 0 Å². The number of nitrogens with one attached hydrogen (secondary N) is 1. The molecule has 0 spiro atoms. The summed E-state index contributed by atoms with van der Waals surface area (Å²) in [7, 11) is 0. The molecule has 0 aliphatic heterocycles. The van der Waals surface area contributed by atoms with Crippen LogP contribution in [0.5, 0.6) is 0 Å². The van der Waals surface area contributed by atoms with Gasteiger partial charge in [-0.2, -0.15) is 18.3 Å². The van der Waals surface area contributed by atoms with Crippen molar-refractivity contribution in [1.82, 2.24) is 14.8 Å². The van der Waals surface area contributed by atoms with Crippen LogP contribution in [-0.2, 0) is 13.2 Å². The molecule has 1 rings (SSSR count). The van der Waals surface area contributed by atoms with E-state index in [-0.39, 0.29) is 30.2 Å². The van der Waals surface area contributed by atoms with Crippen LogP contribution >= 0.6 is 12.2 Å². The van der Waals surface area contributed by atoms with E-state index in [2.05, 4.69) is 10.2 Å². The monoisotopic (exact) mass is 241 g/mol. The van der Waals surface area contributed by atoms with E-state index in [4.69, 9.17) is 17.3 Å². The van der Waals surface area contributed by atoms with Gasteiger partial charge in [-0.1, -0.05) is 0 Å². The molecule has 1 aromatic rings. The van der Waals surface area contributed by atoms with Gasteiger partial charge in [-0.3, -0.25) is 5.10 Å². The first-order chi connectivity index (χ1) is 6.94. The van der Waals surface area contributed by atoms with Crippen LogP contribution in [-0.4, -0.2) is 26.0 Å². The van der Waals surface area contributed by atoms with E-state index < -0.39 is 12.6 Å². The smallest absolute Gasteiger partial charge is 0.388 e. The molecule has 0 atom stereocenters. The number of aliphatic hydroxyl groups is 1. The Morgan fingerprint density at radius 1 is 1.47 bits per heavy atom. The number of alkyl halides is 3. The van der Waals surface area contributed by atoms with Crippen LogP contribution in [0.3, 0.4) is 0 Å². The first kappa shape index (κ1) is 12.2. The second-order valence-corrected chi connectivity index (χ2v) is 3.36. The van der Waals surface area contributed by atoms with E-state index in [1.165, 1.54) is 4.57 Å². The Morgan fingerprint density at radius 2 is 2.13 bits per heavy atom. The molecular formula is C7H10F3N3OS. The van der Waals surface area contributed by atoms with Crippen LogP contribution in [0, 0.1) is 4.77 Å². The summed E-state index contributed by atoms with van der Waals surface area (Å²) in [4.78, 5) is 0. The summed E-state index contributed by atoms with van der Waals surface area (Å²) in [5.74, 6) is 0.252. The summed E-state index contributed by atoms with van der Waals surface area (Å²) in [5.41, 5.74) is 0. The minimum absolute atomic E-state index is 0.0790. The Balaban J connectivity index is 2.57. The average Bonchev–Trinajstić information content (AvgIpc) is 2.46. The van der Waals surface area contributed by atoms with Crippen molar-refractivity contribution in [3.8, 4) is 0 Å². The molecule has 86 valence electrons. The van der Waals surface area contributed by atoms with Crippen LogP contribution in [0.25, 0.3) is 0 Å². The minimum atomic E-state index is -4.16. The molecule has 0 amide bonds. The molecule has 0 saturated carbocycles. The van der Waals surface area contributed by atoms with Crippen molar-refractivity contribution in [1.29, 1.82) is 0 Å². The molecule has 0 bridgehead atoms. The normalized spacial score (nSPS) is 12.0. The quantitative estimate of drug-likeness (QED) is 0.790. The Hall–Kier alpha value is -0.890. The van der Waals surface area contributed by atoms with E-state index in [1.54, 1.807) is 0 Å². The van der Waals surface area contributed by atoms with E-state index in [0.29, 0.717) is 0 Å². The molecule has 8 heteroatoms. The first-order valence-corrected chi connectivity index (χ1v) is 4.66. The Morgan fingerprint density at radius 3 is 2.67 bits per heavy atom. The summed E-state index contributed by atoms with van der Waals surface area (Å²) in [5, 5.41) is 14.9. The predicted octanol–water partition coefficient (Wildman–Crippen LogP) is 1.78. The molecule has 1 heterocycles. The SMILES string of the molecule is OCc1n[nH]c(=S)n1CCCC(F)(F)F. The van der Waals surface area contributed by atoms with Gasteiger partial charge in [0.1, 0.15) is 6.61 Å². The van der Waals surface area contributed by atoms with Crippen LogP contribution in [0.4, 0.5) is 13.2 Å². The van der Waals surface area contributed by atoms with Gasteiger partial charge in [-0.25, -0.2) is 0 Å². The number of halogens is 3. The molecule has 0 aromatic carbocycles. The van der Waals surface area contributed by atoms with Gasteiger partial charge >= 0.3 is 6.18 Å². The molecule has 1 aromatic heterocycles. The molecule has 15 heavy (non-hydrogen) atoms. The minimum Gasteiger partial charge on any atom is -0.388 e. The molecule has 0 aliphatic rings. The van der Waals surface area contributed by atoms with Crippen molar-refractivity contribution in [2.45, 2.75) is 32.2 Å². The van der Waals surface area contributed by atoms with Crippen molar-refractivity contribution >= 4 is 12.2 Å². The summed E-state index contributed by atoms with van der Waals surface area (Å²) in [6.45, 7) is -0.246. The number of aromatic amines is 1. The summed E-state index contributed by atoms with van der Waals surface area (Å²) >= 11 is 4.80. The van der Waals surface area contributed by atoms with Crippen LogP contribution in [0.1, 0.15) is 18.7 Å². The first-order valence-electron chi connectivity index (χ1n) is 4.26. The second-order valence-electron chi connectivity index (χ2n) is 2.97. The lowest BCUT2D eigenvalue weighted by atomic mass is 10.3. The average molecular weight is 241 g/mol. The summed E-state index contributed by atoms with van der Waals surface area (Å²) in [6, 6.07) is 0. The van der Waals surface area contributed by atoms with Crippen molar-refractivity contribution in [3.05, 3.63) is 10.6 Å². The third-order valence-electron chi connectivity index (χ3n) is 1.82. The van der Waals surface area contributed by atoms with Crippen molar-refractivity contribution in [3.63, 3.8) is 0 Å². The Labute approximate surface area is 88.7 Å². The number of hydrogen-bond acceptors (Lipinski definition) is 3. The van der Waals surface area contributed by atoms with Gasteiger partial charge in [0.05, 0.1) is 0 Å². The Bertz CT molecular complexity index is 370. The summed E-state index contributed by atoms with van der Waals surface area (Å²) < 4.78 is 37.2. The van der Waals surface area contributed by atoms with Crippen molar-refractivity contribution < 1.29 is 18.3 Å². The fourth-order valence-corrected chi connectivity index (χ4v) is 1.38. The van der Waals surface area contributed by atoms with Gasteiger partial charge in [0.2, 0.25) is 0 Å². The second kappa shape index (κ2) is 4.75. The third-order valence-corrected chi connectivity index (χ3v) is 2.13. The topological polar surface area (TPSA) is 53.8 Å². The highest BCUT2D eigenvalue weighted by Crippen LogP contribution is 2.21. The molecular weight excluding hydrogens is 231 g/mol. The van der Waals surface area contributed by atoms with Gasteiger partial charge in [0.25, 0.3) is 0 Å². The number of rotatable bonds is 4. The number of aromatic nitrogens is 3. The van der Waals surface area contributed by atoms with Crippen LogP contribution in [0.15, 0.2) is 0 Å². The van der Waals surface area contributed by atoms with Crippen LogP contribution in [0.2, 0.25) is 0 Å². The highest BCUT2D eigenvalue weighted by Gasteiger charge is 2.26.